The number of nitrogens with zero attached hydrogens (tertiary/aromatic N) is 2. The van der Waals surface area contributed by atoms with Crippen molar-refractivity contribution >= 4 is 83.0 Å². The number of aliphatic hydroxyl groups is 5. The average Bonchev–Trinajstić information content (AvgIpc) is 3.40. The van der Waals surface area contributed by atoms with Crippen molar-refractivity contribution in [1.82, 2.24) is 47.9 Å². The van der Waals surface area contributed by atoms with E-state index in [1.165, 1.54) is 12.1 Å². The van der Waals surface area contributed by atoms with Crippen molar-refractivity contribution in [3.8, 4) is 0 Å². The van der Waals surface area contributed by atoms with Gasteiger partial charge in [0.1, 0.15) is 60.4 Å². The van der Waals surface area contributed by atoms with E-state index in [0.717, 1.165) is 6.92 Å². The molecular weight excluding hydrogens is 1080 g/mol. The molecule has 452 valence electrons. The fourth-order valence-corrected chi connectivity index (χ4v) is 6.86. The van der Waals surface area contributed by atoms with Crippen molar-refractivity contribution in [2.24, 2.45) is 38.7 Å². The number of carbonyl (C=O) groups is 12. The largest absolute Gasteiger partial charge is 0.481 e. The SMILES string of the molecule is C[C@@H](O)[C@H](NC(=O)[C@H](CO)NC(=O)[C@@H](N)CO)C(=O)N[C@@H](CO)C(=O)N[C@@H](CO)C(=O)N[C@@H](CC(=O)O)C(=O)N[C@@H](CCCN=C(N)N)C(=O)N[C@@H](Cc1ccccc1)C(=O)N[C@@H](CC(=O)O)C(=O)N[C@@H](CCCN=C(N)N)C(=O)O. The molecule has 0 fully saturated rings. The zero-order valence-electron chi connectivity index (χ0n) is 43.7. The third-order valence-corrected chi connectivity index (χ3v) is 11.1. The monoisotopic (exact) mass is 1160 g/mol. The van der Waals surface area contributed by atoms with Crippen LogP contribution in [0.15, 0.2) is 40.3 Å². The van der Waals surface area contributed by atoms with Gasteiger partial charge in [-0.1, -0.05) is 30.3 Å². The number of benzene rings is 1. The normalized spacial score (nSPS) is 14.9. The molecule has 0 unspecified atom stereocenters. The van der Waals surface area contributed by atoms with E-state index in [1.807, 2.05) is 26.6 Å². The first-order valence-corrected chi connectivity index (χ1v) is 24.5. The van der Waals surface area contributed by atoms with Crippen molar-refractivity contribution in [3.05, 3.63) is 35.9 Å². The lowest BCUT2D eigenvalue weighted by Gasteiger charge is -2.27. The first-order chi connectivity index (χ1) is 38.1. The number of hydrogen-bond acceptors (Lipinski definition) is 20. The Labute approximate surface area is 460 Å². The van der Waals surface area contributed by atoms with E-state index in [2.05, 4.69) is 31.3 Å². The van der Waals surface area contributed by atoms with Gasteiger partial charge in [0.2, 0.25) is 53.2 Å². The zero-order chi connectivity index (χ0) is 61.5. The number of guanidine groups is 2. The molecule has 1 rings (SSSR count). The minimum absolute atomic E-state index is 0.0314. The molecule has 0 bridgehead atoms. The van der Waals surface area contributed by atoms with Crippen molar-refractivity contribution in [2.45, 2.75) is 118 Å². The second kappa shape index (κ2) is 36.4. The number of carboxylic acid groups (broad SMARTS) is 3. The maximum atomic E-state index is 14.2. The van der Waals surface area contributed by atoms with Gasteiger partial charge in [-0.05, 0) is 38.2 Å². The Balaban J connectivity index is 3.50. The minimum Gasteiger partial charge on any atom is -0.481 e. The number of nitrogens with one attached hydrogen (secondary N) is 9. The Morgan fingerprint density at radius 1 is 0.457 bits per heavy atom. The van der Waals surface area contributed by atoms with Gasteiger partial charge in [0, 0.05) is 19.5 Å². The van der Waals surface area contributed by atoms with Gasteiger partial charge in [-0.15, -0.1) is 0 Å². The fraction of sp³-hybridized carbons (Fsp3) is 0.556. The van der Waals surface area contributed by atoms with E-state index in [-0.39, 0.29) is 57.1 Å². The summed E-state index contributed by atoms with van der Waals surface area (Å²) in [4.78, 5) is 164. The average molecular weight is 1160 g/mol. The van der Waals surface area contributed by atoms with E-state index < -0.39 is 177 Å². The van der Waals surface area contributed by atoms with E-state index in [0.29, 0.717) is 5.56 Å². The predicted molar refractivity (Wildman–Crippen MR) is 277 cm³/mol. The van der Waals surface area contributed by atoms with E-state index in [1.54, 1.807) is 18.2 Å². The first-order valence-electron chi connectivity index (χ1n) is 24.5. The van der Waals surface area contributed by atoms with Gasteiger partial charge in [0.15, 0.2) is 11.9 Å². The highest BCUT2D eigenvalue weighted by molar-refractivity contribution is 6.00. The van der Waals surface area contributed by atoms with Crippen LogP contribution in [0.5, 0.6) is 0 Å². The zero-order valence-corrected chi connectivity index (χ0v) is 43.7. The smallest absolute Gasteiger partial charge is 0.326 e. The summed E-state index contributed by atoms with van der Waals surface area (Å²) >= 11 is 0. The molecule has 1 aromatic rings. The van der Waals surface area contributed by atoms with E-state index >= 15 is 0 Å². The molecule has 36 nitrogen and oxygen atoms in total. The Morgan fingerprint density at radius 3 is 1.21 bits per heavy atom. The number of amides is 9. The summed E-state index contributed by atoms with van der Waals surface area (Å²) < 4.78 is 0. The van der Waals surface area contributed by atoms with Crippen LogP contribution < -0.4 is 76.5 Å². The molecule has 1 aromatic carbocycles. The van der Waals surface area contributed by atoms with Crippen LogP contribution in [0, 0.1) is 0 Å². The summed E-state index contributed by atoms with van der Waals surface area (Å²) in [6.45, 7) is -3.64. The Hall–Kier alpha value is -8.84. The van der Waals surface area contributed by atoms with Gasteiger partial charge < -0.3 is 117 Å². The lowest BCUT2D eigenvalue weighted by atomic mass is 10.0. The van der Waals surface area contributed by atoms with Crippen LogP contribution in [0.3, 0.4) is 0 Å². The van der Waals surface area contributed by atoms with Crippen molar-refractivity contribution in [1.29, 1.82) is 0 Å². The highest BCUT2D eigenvalue weighted by Gasteiger charge is 2.37. The van der Waals surface area contributed by atoms with Gasteiger partial charge in [0.05, 0.1) is 45.4 Å². The molecule has 0 aliphatic rings. The number of carbonyl (C=O) groups excluding carboxylic acids is 9. The van der Waals surface area contributed by atoms with Gasteiger partial charge >= 0.3 is 17.9 Å². The number of rotatable bonds is 38. The first kappa shape index (κ1) is 70.2. The van der Waals surface area contributed by atoms with Crippen LogP contribution >= 0.6 is 0 Å². The molecule has 0 aliphatic carbocycles. The molecule has 0 heterocycles. The lowest BCUT2D eigenvalue weighted by Crippen LogP contribution is -2.63. The maximum absolute atomic E-state index is 14.2. The molecule has 0 radical (unpaired) electrons. The third kappa shape index (κ3) is 26.6. The molecular formula is C45H72N16O20. The topological polar surface area (TPSA) is 630 Å². The number of nitrogens with two attached hydrogens (primary N) is 5. The summed E-state index contributed by atoms with van der Waals surface area (Å²) in [6, 6.07) is -10.7. The number of hydrogen-bond donors (Lipinski definition) is 22. The van der Waals surface area contributed by atoms with Crippen LogP contribution in [0.25, 0.3) is 0 Å². The highest BCUT2D eigenvalue weighted by Crippen LogP contribution is 2.09. The summed E-state index contributed by atoms with van der Waals surface area (Å²) in [5.41, 5.74) is 27.2. The van der Waals surface area contributed by atoms with Gasteiger partial charge in [-0.3, -0.25) is 62.7 Å². The Bertz CT molecular complexity index is 2390. The molecule has 0 saturated carbocycles. The van der Waals surface area contributed by atoms with Crippen molar-refractivity contribution < 1.29 is 98.4 Å². The standard InChI is InChI=1S/C45H72N16O20/c1-20(66)33(61-41(78)30(19-65)58-34(71)22(46)16-62)42(79)60-29(18-64)40(77)59-28(17-63)39(76)57-26(14-31(67)68)37(74)53-23(9-5-11-51-44(47)48)35(72)55-25(13-21-7-3-2-4-8-21)36(73)56-27(15-32(69)70)38(75)54-24(43(80)81)10-6-12-52-45(49)50/h2-4,7-8,20,22-30,33,62-66H,5-6,9-19,46H2,1H3,(H,53,74)(H,54,75)(H,55,72)(H,56,73)(H,57,76)(H,58,71)(H,59,77)(H,60,79)(H,61,78)(H,67,68)(H,69,70)(H,80,81)(H4,47,48,51)(H4,49,50,52)/t20-,22+,23+,24+,25+,26+,27+,28+,29+,30+,33+/m1/s1. The Kier molecular flexibility index (Phi) is 31.5. The van der Waals surface area contributed by atoms with Gasteiger partial charge in [-0.25, -0.2) is 4.79 Å². The number of aliphatic carboxylic acids is 3. The molecule has 81 heavy (non-hydrogen) atoms. The molecule has 9 amide bonds. The van der Waals surface area contributed by atoms with E-state index in [4.69, 9.17) is 33.8 Å². The van der Waals surface area contributed by atoms with Gasteiger partial charge in [-0.2, -0.15) is 0 Å². The second-order valence-corrected chi connectivity index (χ2v) is 17.7. The molecule has 0 aromatic heterocycles. The molecule has 11 atom stereocenters. The number of carboxylic acids is 3. The maximum Gasteiger partial charge on any atom is 0.326 e. The summed E-state index contributed by atoms with van der Waals surface area (Å²) in [7, 11) is 0. The second-order valence-electron chi connectivity index (χ2n) is 17.7. The van der Waals surface area contributed by atoms with Crippen LogP contribution in [0.1, 0.15) is 51.0 Å². The van der Waals surface area contributed by atoms with Crippen LogP contribution in [0.4, 0.5) is 0 Å². The molecule has 0 spiro atoms. The predicted octanol–water partition coefficient (Wildman–Crippen LogP) is -11.6. The fourth-order valence-electron chi connectivity index (χ4n) is 6.86. The van der Waals surface area contributed by atoms with E-state index in [9.17, 15) is 93.3 Å². The quantitative estimate of drug-likeness (QED) is 0.0166. The van der Waals surface area contributed by atoms with Crippen LogP contribution in [0.2, 0.25) is 0 Å². The molecule has 27 N–H and O–H groups in total. The molecule has 0 aliphatic heterocycles. The van der Waals surface area contributed by atoms with Crippen molar-refractivity contribution in [2.75, 3.05) is 39.5 Å². The third-order valence-electron chi connectivity index (χ3n) is 11.1. The minimum atomic E-state index is -2.13. The molecule has 36 heteroatoms. The lowest BCUT2D eigenvalue weighted by molar-refractivity contribution is -0.144. The molecule has 0 saturated heterocycles. The van der Waals surface area contributed by atoms with Crippen molar-refractivity contribution in [3.63, 3.8) is 0 Å². The summed E-state index contributed by atoms with van der Waals surface area (Å²) in [5.74, 6) is -17.1. The number of aliphatic hydroxyl groups excluding tert-OH is 5. The summed E-state index contributed by atoms with van der Waals surface area (Å²) in [5, 5.41) is 97.2. The van der Waals surface area contributed by atoms with Crippen LogP contribution in [-0.4, -0.2) is 230 Å². The summed E-state index contributed by atoms with van der Waals surface area (Å²) in [6.07, 6.45) is -5.12. The highest BCUT2D eigenvalue weighted by atomic mass is 16.4. The Morgan fingerprint density at radius 2 is 0.802 bits per heavy atom. The van der Waals surface area contributed by atoms with Gasteiger partial charge in [0.25, 0.3) is 0 Å². The van der Waals surface area contributed by atoms with Crippen LogP contribution in [-0.2, 0) is 64.0 Å². The number of aliphatic imine (C=N–C) groups is 2.